The van der Waals surface area contributed by atoms with Crippen LogP contribution in [0.4, 0.5) is 11.4 Å². The monoisotopic (exact) mass is 444 g/mol. The normalized spacial score (nSPS) is 10.8. The highest BCUT2D eigenvalue weighted by Gasteiger charge is 2.07. The summed E-state index contributed by atoms with van der Waals surface area (Å²) < 4.78 is 11.5. The molecule has 5 heteroatoms. The minimum atomic E-state index is -0.190. The van der Waals surface area contributed by atoms with Gasteiger partial charge in [0.05, 0.1) is 7.11 Å². The summed E-state index contributed by atoms with van der Waals surface area (Å²) in [7, 11) is 1.61. The van der Waals surface area contributed by atoms with Crippen molar-refractivity contribution in [1.29, 1.82) is 0 Å². The summed E-state index contributed by atoms with van der Waals surface area (Å²) in [5.74, 6) is 1.10. The molecule has 3 aromatic rings. The van der Waals surface area contributed by atoms with Crippen molar-refractivity contribution < 1.29 is 14.3 Å². The first-order valence-corrected chi connectivity index (χ1v) is 11.2. The van der Waals surface area contributed by atoms with Gasteiger partial charge in [-0.3, -0.25) is 4.79 Å². The van der Waals surface area contributed by atoms with Crippen molar-refractivity contribution in [3.05, 3.63) is 89.5 Å². The molecule has 5 nitrogen and oxygen atoms in total. The third kappa shape index (κ3) is 6.62. The molecule has 0 radical (unpaired) electrons. The second-order valence-corrected chi connectivity index (χ2v) is 7.67. The number of hydrogen-bond donors (Lipinski definition) is 1. The Balaban J connectivity index is 1.61. The fourth-order valence-corrected chi connectivity index (χ4v) is 3.53. The first-order chi connectivity index (χ1) is 16.0. The molecule has 0 spiro atoms. The fourth-order valence-electron chi connectivity index (χ4n) is 3.53. The fraction of sp³-hybridized carbons (Fsp3) is 0.250. The standard InChI is InChI=1S/C28H32N2O3/c1-5-30(6-2)25-15-13-24(14-16-25)29-28(31)18-12-22-11-17-26(27(19-22)32-4)33-20-23-10-8-7-9-21(23)3/h7-19H,5-6,20H2,1-4H3,(H,29,31)/b18-12+. The number of amides is 1. The molecule has 33 heavy (non-hydrogen) atoms. The Bertz CT molecular complexity index is 1090. The molecule has 1 amide bonds. The highest BCUT2D eigenvalue weighted by Crippen LogP contribution is 2.29. The van der Waals surface area contributed by atoms with Gasteiger partial charge < -0.3 is 19.7 Å². The average Bonchev–Trinajstić information content (AvgIpc) is 2.84. The number of carbonyl (C=O) groups excluding carboxylic acids is 1. The van der Waals surface area contributed by atoms with E-state index in [1.165, 1.54) is 11.6 Å². The zero-order chi connectivity index (χ0) is 23.6. The van der Waals surface area contributed by atoms with Crippen molar-refractivity contribution in [3.63, 3.8) is 0 Å². The number of methoxy groups -OCH3 is 1. The van der Waals surface area contributed by atoms with E-state index in [9.17, 15) is 4.79 Å². The van der Waals surface area contributed by atoms with Gasteiger partial charge in [-0.05, 0) is 79.9 Å². The predicted molar refractivity (Wildman–Crippen MR) is 136 cm³/mol. The quantitative estimate of drug-likeness (QED) is 0.385. The van der Waals surface area contributed by atoms with Crippen molar-refractivity contribution in [2.24, 2.45) is 0 Å². The zero-order valence-corrected chi connectivity index (χ0v) is 19.8. The summed E-state index contributed by atoms with van der Waals surface area (Å²) in [5.41, 5.74) is 5.07. The van der Waals surface area contributed by atoms with Gasteiger partial charge in [-0.1, -0.05) is 30.3 Å². The van der Waals surface area contributed by atoms with E-state index in [-0.39, 0.29) is 5.91 Å². The lowest BCUT2D eigenvalue weighted by atomic mass is 10.1. The molecule has 3 aromatic carbocycles. The maximum Gasteiger partial charge on any atom is 0.248 e. The summed E-state index contributed by atoms with van der Waals surface area (Å²) in [6.07, 6.45) is 3.27. The van der Waals surface area contributed by atoms with Crippen molar-refractivity contribution >= 4 is 23.4 Å². The molecule has 172 valence electrons. The molecule has 0 atom stereocenters. The van der Waals surface area contributed by atoms with E-state index < -0.39 is 0 Å². The summed E-state index contributed by atoms with van der Waals surface area (Å²) in [5, 5.41) is 2.90. The van der Waals surface area contributed by atoms with Gasteiger partial charge in [-0.15, -0.1) is 0 Å². The summed E-state index contributed by atoms with van der Waals surface area (Å²) in [4.78, 5) is 14.6. The van der Waals surface area contributed by atoms with Crippen molar-refractivity contribution in [2.75, 3.05) is 30.4 Å². The van der Waals surface area contributed by atoms with E-state index >= 15 is 0 Å². The van der Waals surface area contributed by atoms with Crippen LogP contribution in [0.3, 0.4) is 0 Å². The van der Waals surface area contributed by atoms with Gasteiger partial charge in [0.25, 0.3) is 0 Å². The number of nitrogens with one attached hydrogen (secondary N) is 1. The van der Waals surface area contributed by atoms with Crippen LogP contribution in [-0.2, 0) is 11.4 Å². The molecule has 3 rings (SSSR count). The van der Waals surface area contributed by atoms with Crippen LogP contribution in [0.5, 0.6) is 11.5 Å². The molecule has 0 unspecified atom stereocenters. The van der Waals surface area contributed by atoms with E-state index in [0.29, 0.717) is 18.1 Å². The van der Waals surface area contributed by atoms with Gasteiger partial charge in [-0.25, -0.2) is 0 Å². The van der Waals surface area contributed by atoms with Crippen LogP contribution in [0.25, 0.3) is 6.08 Å². The van der Waals surface area contributed by atoms with E-state index in [1.807, 2.05) is 54.6 Å². The van der Waals surface area contributed by atoms with Crippen LogP contribution in [0.15, 0.2) is 72.8 Å². The van der Waals surface area contributed by atoms with Crippen LogP contribution in [-0.4, -0.2) is 26.1 Å². The van der Waals surface area contributed by atoms with E-state index in [4.69, 9.17) is 9.47 Å². The predicted octanol–water partition coefficient (Wildman–Crippen LogP) is 6.08. The number of rotatable bonds is 10. The minimum absolute atomic E-state index is 0.190. The number of aryl methyl sites for hydroxylation is 1. The van der Waals surface area contributed by atoms with Crippen LogP contribution in [0.1, 0.15) is 30.5 Å². The van der Waals surface area contributed by atoms with Gasteiger partial charge >= 0.3 is 0 Å². The van der Waals surface area contributed by atoms with Gasteiger partial charge in [0.2, 0.25) is 5.91 Å². The minimum Gasteiger partial charge on any atom is -0.493 e. The molecule has 0 bridgehead atoms. The lowest BCUT2D eigenvalue weighted by Gasteiger charge is -2.21. The maximum absolute atomic E-state index is 12.4. The SMILES string of the molecule is CCN(CC)c1ccc(NC(=O)/C=C/c2ccc(OCc3ccccc3C)c(OC)c2)cc1. The Morgan fingerprint density at radius 2 is 1.70 bits per heavy atom. The van der Waals surface area contributed by atoms with Crippen molar-refractivity contribution in [3.8, 4) is 11.5 Å². The molecule has 1 N–H and O–H groups in total. The third-order valence-corrected chi connectivity index (χ3v) is 5.52. The van der Waals surface area contributed by atoms with Gasteiger partial charge in [0.1, 0.15) is 6.61 Å². The zero-order valence-electron chi connectivity index (χ0n) is 19.8. The number of carbonyl (C=O) groups is 1. The molecule has 0 heterocycles. The Labute approximate surface area is 196 Å². The summed E-state index contributed by atoms with van der Waals surface area (Å²) in [6.45, 7) is 8.68. The second kappa shape index (κ2) is 11.8. The topological polar surface area (TPSA) is 50.8 Å². The molecule has 0 aromatic heterocycles. The van der Waals surface area contributed by atoms with Crippen molar-refractivity contribution in [2.45, 2.75) is 27.4 Å². The Kier molecular flexibility index (Phi) is 8.53. The number of hydrogen-bond acceptors (Lipinski definition) is 4. The summed E-state index contributed by atoms with van der Waals surface area (Å²) in [6, 6.07) is 21.6. The molecule has 0 aliphatic carbocycles. The molecular formula is C28H32N2O3. The largest absolute Gasteiger partial charge is 0.493 e. The Hall–Kier alpha value is -3.73. The smallest absolute Gasteiger partial charge is 0.248 e. The van der Waals surface area contributed by atoms with Crippen LogP contribution < -0.4 is 19.7 Å². The molecule has 0 saturated carbocycles. The van der Waals surface area contributed by atoms with Crippen LogP contribution in [0, 0.1) is 6.92 Å². The Morgan fingerprint density at radius 3 is 2.36 bits per heavy atom. The van der Waals surface area contributed by atoms with E-state index in [2.05, 4.69) is 43.1 Å². The maximum atomic E-state index is 12.4. The van der Waals surface area contributed by atoms with Crippen LogP contribution >= 0.6 is 0 Å². The van der Waals surface area contributed by atoms with Gasteiger partial charge in [-0.2, -0.15) is 0 Å². The highest BCUT2D eigenvalue weighted by molar-refractivity contribution is 6.02. The van der Waals surface area contributed by atoms with E-state index in [0.717, 1.165) is 35.6 Å². The first kappa shape index (κ1) is 23.9. The molecular weight excluding hydrogens is 412 g/mol. The first-order valence-electron chi connectivity index (χ1n) is 11.2. The lowest BCUT2D eigenvalue weighted by Crippen LogP contribution is -2.21. The van der Waals surface area contributed by atoms with E-state index in [1.54, 1.807) is 13.2 Å². The van der Waals surface area contributed by atoms with Crippen LogP contribution in [0.2, 0.25) is 0 Å². The number of anilines is 2. The second-order valence-electron chi connectivity index (χ2n) is 7.67. The number of nitrogens with zero attached hydrogens (tertiary/aromatic N) is 1. The molecule has 0 aliphatic heterocycles. The molecule has 0 aliphatic rings. The molecule has 0 saturated heterocycles. The number of ether oxygens (including phenoxy) is 2. The Morgan fingerprint density at radius 1 is 0.970 bits per heavy atom. The number of benzene rings is 3. The van der Waals surface area contributed by atoms with Gasteiger partial charge in [0, 0.05) is 30.5 Å². The van der Waals surface area contributed by atoms with Crippen molar-refractivity contribution in [1.82, 2.24) is 0 Å². The third-order valence-electron chi connectivity index (χ3n) is 5.52. The average molecular weight is 445 g/mol. The summed E-state index contributed by atoms with van der Waals surface area (Å²) >= 11 is 0. The highest BCUT2D eigenvalue weighted by atomic mass is 16.5. The lowest BCUT2D eigenvalue weighted by molar-refractivity contribution is -0.111. The molecule has 0 fully saturated rings. The van der Waals surface area contributed by atoms with Gasteiger partial charge in [0.15, 0.2) is 11.5 Å².